The first-order valence-corrected chi connectivity index (χ1v) is 9.61. The summed E-state index contributed by atoms with van der Waals surface area (Å²) in [6.45, 7) is 6.99. The fraction of sp³-hybridized carbons (Fsp3) is 0.409. The molecule has 27 heavy (non-hydrogen) atoms. The van der Waals surface area contributed by atoms with Crippen LogP contribution in [0.1, 0.15) is 19.4 Å². The zero-order valence-electron chi connectivity index (χ0n) is 15.9. The fourth-order valence-corrected chi connectivity index (χ4v) is 4.12. The van der Waals surface area contributed by atoms with Gasteiger partial charge in [0.15, 0.2) is 11.5 Å². The molecule has 2 aromatic carbocycles. The molecule has 0 aromatic heterocycles. The Kier molecular flexibility index (Phi) is 4.92. The van der Waals surface area contributed by atoms with Crippen LogP contribution in [0.15, 0.2) is 48.5 Å². The Morgan fingerprint density at radius 2 is 1.63 bits per heavy atom. The van der Waals surface area contributed by atoms with E-state index in [1.165, 1.54) is 5.69 Å². The molecule has 0 radical (unpaired) electrons. The van der Waals surface area contributed by atoms with E-state index in [0.29, 0.717) is 19.6 Å². The summed E-state index contributed by atoms with van der Waals surface area (Å²) >= 11 is 0. The summed E-state index contributed by atoms with van der Waals surface area (Å²) in [5.74, 6) is 1.66. The number of carbonyl (C=O) groups excluding carboxylic acids is 1. The van der Waals surface area contributed by atoms with Gasteiger partial charge in [-0.1, -0.05) is 24.3 Å². The summed E-state index contributed by atoms with van der Waals surface area (Å²) in [6, 6.07) is 16.8. The Morgan fingerprint density at radius 1 is 0.963 bits per heavy atom. The molecule has 1 saturated heterocycles. The van der Waals surface area contributed by atoms with E-state index in [1.807, 2.05) is 29.2 Å². The molecule has 2 aliphatic heterocycles. The predicted molar refractivity (Wildman–Crippen MR) is 106 cm³/mol. The third-order valence-electron chi connectivity index (χ3n) is 5.29. The minimum atomic E-state index is 0.165. The molecule has 4 rings (SSSR count). The molecule has 2 aliphatic rings. The molecular formula is C22H26N2O3. The molecule has 2 heterocycles. The number of fused-ring (bicyclic) bond motifs is 1. The Morgan fingerprint density at radius 3 is 2.33 bits per heavy atom. The minimum absolute atomic E-state index is 0.165. The molecule has 1 amide bonds. The van der Waals surface area contributed by atoms with Crippen molar-refractivity contribution in [2.75, 3.05) is 31.2 Å². The highest BCUT2D eigenvalue weighted by Crippen LogP contribution is 2.31. The number of nitrogens with zero attached hydrogens (tertiary/aromatic N) is 2. The van der Waals surface area contributed by atoms with Crippen molar-refractivity contribution in [2.24, 2.45) is 0 Å². The molecule has 2 aromatic rings. The van der Waals surface area contributed by atoms with Gasteiger partial charge in [-0.25, -0.2) is 0 Å². The van der Waals surface area contributed by atoms with Crippen molar-refractivity contribution in [1.82, 2.24) is 4.90 Å². The van der Waals surface area contributed by atoms with Gasteiger partial charge in [0.1, 0.15) is 13.2 Å². The number of carbonyl (C=O) groups is 1. The van der Waals surface area contributed by atoms with E-state index in [1.54, 1.807) is 0 Å². The van der Waals surface area contributed by atoms with E-state index in [9.17, 15) is 4.79 Å². The summed E-state index contributed by atoms with van der Waals surface area (Å²) in [5, 5.41) is 0. The molecule has 0 aliphatic carbocycles. The first-order chi connectivity index (χ1) is 13.1. The lowest BCUT2D eigenvalue weighted by Crippen LogP contribution is -2.58. The van der Waals surface area contributed by atoms with Crippen LogP contribution >= 0.6 is 0 Å². The molecule has 0 bridgehead atoms. The second-order valence-electron chi connectivity index (χ2n) is 7.39. The number of anilines is 1. The molecule has 2 atom stereocenters. The van der Waals surface area contributed by atoms with Crippen molar-refractivity contribution in [2.45, 2.75) is 32.4 Å². The van der Waals surface area contributed by atoms with E-state index in [4.69, 9.17) is 9.47 Å². The molecule has 0 N–H and O–H groups in total. The van der Waals surface area contributed by atoms with Crippen LogP contribution in [0.3, 0.4) is 0 Å². The SMILES string of the molecule is CC1CN(C(=O)Cc2ccc3c(c2)OCCO3)CC(C)N1c1ccccc1. The quantitative estimate of drug-likeness (QED) is 0.837. The number of benzene rings is 2. The summed E-state index contributed by atoms with van der Waals surface area (Å²) in [4.78, 5) is 17.3. The first kappa shape index (κ1) is 17.7. The van der Waals surface area contributed by atoms with E-state index < -0.39 is 0 Å². The molecule has 1 fully saturated rings. The summed E-state index contributed by atoms with van der Waals surface area (Å²) in [5.41, 5.74) is 2.19. The van der Waals surface area contributed by atoms with Crippen molar-refractivity contribution in [3.63, 3.8) is 0 Å². The maximum absolute atomic E-state index is 12.9. The second-order valence-corrected chi connectivity index (χ2v) is 7.39. The van der Waals surface area contributed by atoms with Gasteiger partial charge < -0.3 is 19.3 Å². The van der Waals surface area contributed by atoms with Gasteiger partial charge >= 0.3 is 0 Å². The van der Waals surface area contributed by atoms with Crippen LogP contribution in [0.2, 0.25) is 0 Å². The summed E-state index contributed by atoms with van der Waals surface area (Å²) in [6.07, 6.45) is 0.390. The fourth-order valence-electron chi connectivity index (χ4n) is 4.12. The largest absolute Gasteiger partial charge is 0.486 e. The Hall–Kier alpha value is -2.69. The van der Waals surface area contributed by atoms with Crippen LogP contribution in [-0.2, 0) is 11.2 Å². The number of rotatable bonds is 3. The van der Waals surface area contributed by atoms with Crippen molar-refractivity contribution in [1.29, 1.82) is 0 Å². The molecule has 2 unspecified atom stereocenters. The topological polar surface area (TPSA) is 42.0 Å². The normalized spacial score (nSPS) is 21.9. The molecule has 5 heteroatoms. The van der Waals surface area contributed by atoms with E-state index in [0.717, 1.165) is 30.2 Å². The lowest BCUT2D eigenvalue weighted by molar-refractivity contribution is -0.131. The highest BCUT2D eigenvalue weighted by atomic mass is 16.6. The van der Waals surface area contributed by atoms with Gasteiger partial charge in [-0.05, 0) is 43.7 Å². The smallest absolute Gasteiger partial charge is 0.227 e. The summed E-state index contributed by atoms with van der Waals surface area (Å²) < 4.78 is 11.2. The van der Waals surface area contributed by atoms with Gasteiger partial charge in [-0.15, -0.1) is 0 Å². The Bertz CT molecular complexity index is 796. The number of hydrogen-bond acceptors (Lipinski definition) is 4. The molecule has 0 spiro atoms. The minimum Gasteiger partial charge on any atom is -0.486 e. The average molecular weight is 366 g/mol. The Labute approximate surface area is 160 Å². The van der Waals surface area contributed by atoms with Crippen molar-refractivity contribution < 1.29 is 14.3 Å². The van der Waals surface area contributed by atoms with Crippen molar-refractivity contribution in [3.8, 4) is 11.5 Å². The van der Waals surface area contributed by atoms with Crippen molar-refractivity contribution >= 4 is 11.6 Å². The maximum atomic E-state index is 12.9. The molecular weight excluding hydrogens is 340 g/mol. The number of amides is 1. The lowest BCUT2D eigenvalue weighted by Gasteiger charge is -2.46. The Balaban J connectivity index is 1.43. The van der Waals surface area contributed by atoms with Crippen LogP contribution in [0.25, 0.3) is 0 Å². The van der Waals surface area contributed by atoms with Crippen LogP contribution in [0.5, 0.6) is 11.5 Å². The number of ether oxygens (including phenoxy) is 2. The molecule has 0 saturated carbocycles. The van der Waals surface area contributed by atoms with Crippen LogP contribution in [0, 0.1) is 0 Å². The van der Waals surface area contributed by atoms with Gasteiger partial charge in [-0.3, -0.25) is 4.79 Å². The van der Waals surface area contributed by atoms with E-state index in [2.05, 4.69) is 43.0 Å². The van der Waals surface area contributed by atoms with Gasteiger partial charge in [0, 0.05) is 30.9 Å². The number of hydrogen-bond donors (Lipinski definition) is 0. The lowest BCUT2D eigenvalue weighted by atomic mass is 10.0. The highest BCUT2D eigenvalue weighted by Gasteiger charge is 2.31. The highest BCUT2D eigenvalue weighted by molar-refractivity contribution is 5.79. The van der Waals surface area contributed by atoms with Gasteiger partial charge in [0.05, 0.1) is 6.42 Å². The van der Waals surface area contributed by atoms with Gasteiger partial charge in [0.25, 0.3) is 0 Å². The number of piperazine rings is 1. The zero-order chi connectivity index (χ0) is 18.8. The maximum Gasteiger partial charge on any atom is 0.227 e. The molecule has 5 nitrogen and oxygen atoms in total. The summed E-state index contributed by atoms with van der Waals surface area (Å²) in [7, 11) is 0. The van der Waals surface area contributed by atoms with Crippen LogP contribution in [-0.4, -0.2) is 49.2 Å². The molecule has 142 valence electrons. The second kappa shape index (κ2) is 7.51. The van der Waals surface area contributed by atoms with Crippen LogP contribution in [0.4, 0.5) is 5.69 Å². The van der Waals surface area contributed by atoms with E-state index >= 15 is 0 Å². The zero-order valence-corrected chi connectivity index (χ0v) is 15.9. The first-order valence-electron chi connectivity index (χ1n) is 9.61. The van der Waals surface area contributed by atoms with Crippen molar-refractivity contribution in [3.05, 3.63) is 54.1 Å². The van der Waals surface area contributed by atoms with Crippen LogP contribution < -0.4 is 14.4 Å². The standard InChI is InChI=1S/C22H26N2O3/c1-16-14-23(15-17(2)24(16)19-6-4-3-5-7-19)22(25)13-18-8-9-20-21(12-18)27-11-10-26-20/h3-9,12,16-17H,10-11,13-15H2,1-2H3. The third kappa shape index (κ3) is 3.72. The number of para-hydroxylation sites is 1. The van der Waals surface area contributed by atoms with Gasteiger partial charge in [0.2, 0.25) is 5.91 Å². The van der Waals surface area contributed by atoms with Gasteiger partial charge in [-0.2, -0.15) is 0 Å². The third-order valence-corrected chi connectivity index (χ3v) is 5.29. The van der Waals surface area contributed by atoms with E-state index in [-0.39, 0.29) is 18.0 Å². The average Bonchev–Trinajstić information content (AvgIpc) is 2.68. The predicted octanol–water partition coefficient (Wildman–Crippen LogP) is 3.13. The monoisotopic (exact) mass is 366 g/mol.